The normalized spacial score (nSPS) is 30.9. The van der Waals surface area contributed by atoms with Gasteiger partial charge in [-0.05, 0) is 0 Å². The van der Waals surface area contributed by atoms with Crippen LogP contribution in [0.3, 0.4) is 0 Å². The number of ether oxygens (including phenoxy) is 1. The number of aliphatic hydroxyl groups is 2. The molecule has 22 heavy (non-hydrogen) atoms. The molecule has 0 saturated carbocycles. The average Bonchev–Trinajstić information content (AvgIpc) is 2.63. The molecule has 1 fully saturated rings. The molecule has 0 amide bonds. The van der Waals surface area contributed by atoms with Crippen LogP contribution in [0.1, 0.15) is 6.23 Å². The second-order valence-electron chi connectivity index (χ2n) is 4.62. The van der Waals surface area contributed by atoms with Crippen molar-refractivity contribution in [1.29, 1.82) is 0 Å². The molecule has 1 aliphatic heterocycles. The Labute approximate surface area is 124 Å². The summed E-state index contributed by atoms with van der Waals surface area (Å²) in [5.41, 5.74) is 0.623. The summed E-state index contributed by atoms with van der Waals surface area (Å²) >= 11 is 5.55. The Morgan fingerprint density at radius 2 is 2.14 bits per heavy atom. The minimum Gasteiger partial charge on any atom is -0.393 e. The number of aromatic nitrogens is 2. The Hall–Kier alpha value is -1.43. The molecule has 1 aromatic heterocycles. The highest BCUT2D eigenvalue weighted by Crippen LogP contribution is 2.49. The third-order valence-electron chi connectivity index (χ3n) is 3.29. The van der Waals surface area contributed by atoms with Crippen molar-refractivity contribution in [3.8, 4) is 0 Å². The number of aliphatic hydroxyl groups excluding tert-OH is 2. The summed E-state index contributed by atoms with van der Waals surface area (Å²) in [5.74, 6) is -4.77. The van der Waals surface area contributed by atoms with Crippen LogP contribution in [-0.4, -0.2) is 50.4 Å². The van der Waals surface area contributed by atoms with E-state index in [4.69, 9.17) is 22.4 Å². The zero-order valence-corrected chi connectivity index (χ0v) is 11.3. The fourth-order valence-corrected chi connectivity index (χ4v) is 2.19. The van der Waals surface area contributed by atoms with Gasteiger partial charge in [0.15, 0.2) is 11.7 Å². The summed E-state index contributed by atoms with van der Waals surface area (Å²) in [7, 11) is 0. The molecule has 0 bridgehead atoms. The molecule has 4 N–H and O–H groups in total. The molecule has 0 radical (unpaired) electrons. The second-order valence-corrected chi connectivity index (χ2v) is 5.03. The van der Waals surface area contributed by atoms with Gasteiger partial charge in [-0.3, -0.25) is 4.57 Å². The van der Waals surface area contributed by atoms with Gasteiger partial charge in [0.2, 0.25) is 6.23 Å². The van der Waals surface area contributed by atoms with E-state index in [1.807, 2.05) is 0 Å². The fraction of sp³-hybridized carbons (Fsp3) is 0.600. The number of nitrogens with two attached hydrogens (primary N) is 1. The van der Waals surface area contributed by atoms with Crippen molar-refractivity contribution in [1.82, 2.24) is 9.55 Å². The van der Waals surface area contributed by atoms with E-state index in [1.165, 1.54) is 0 Å². The molecule has 2 rings (SSSR count). The molecule has 7 nitrogen and oxygen atoms in total. The quantitative estimate of drug-likeness (QED) is 0.664. The first-order valence-corrected chi connectivity index (χ1v) is 6.12. The number of anilines is 1. The van der Waals surface area contributed by atoms with Gasteiger partial charge in [-0.15, -0.1) is 0 Å². The summed E-state index contributed by atoms with van der Waals surface area (Å²) in [5, 5.41) is 18.1. The van der Waals surface area contributed by atoms with E-state index < -0.39 is 53.4 Å². The van der Waals surface area contributed by atoms with Gasteiger partial charge in [0.1, 0.15) is 5.82 Å². The number of hydrogen-bond acceptors (Lipinski definition) is 6. The first kappa shape index (κ1) is 16.9. The molecular formula is C10H10ClF4N3O4. The third kappa shape index (κ3) is 2.24. The van der Waals surface area contributed by atoms with E-state index >= 15 is 0 Å². The third-order valence-corrected chi connectivity index (χ3v) is 3.58. The molecular weight excluding hydrogens is 338 g/mol. The molecule has 2 heterocycles. The Balaban J connectivity index is 2.58. The number of hydrogen-bond donors (Lipinski definition) is 3. The van der Waals surface area contributed by atoms with Crippen molar-refractivity contribution in [2.24, 2.45) is 0 Å². The molecule has 1 aromatic rings. The number of halogens is 5. The monoisotopic (exact) mass is 347 g/mol. The first-order valence-electron chi connectivity index (χ1n) is 5.74. The van der Waals surface area contributed by atoms with Gasteiger partial charge in [-0.25, -0.2) is 13.6 Å². The zero-order chi connectivity index (χ0) is 16.9. The predicted octanol–water partition coefficient (Wildman–Crippen LogP) is 0.000100. The molecule has 0 spiro atoms. The van der Waals surface area contributed by atoms with E-state index in [0.29, 0.717) is 6.20 Å². The highest BCUT2D eigenvalue weighted by atomic mass is 35.5. The topological polar surface area (TPSA) is 111 Å². The Bertz CT molecular complexity index is 643. The minimum atomic E-state index is -4.32. The van der Waals surface area contributed by atoms with Crippen LogP contribution in [-0.2, 0) is 4.74 Å². The van der Waals surface area contributed by atoms with Crippen molar-refractivity contribution in [3.63, 3.8) is 0 Å². The summed E-state index contributed by atoms with van der Waals surface area (Å²) in [6.07, 6.45) is -8.72. The Morgan fingerprint density at radius 3 is 2.59 bits per heavy atom. The lowest BCUT2D eigenvalue weighted by atomic mass is 9.96. The molecule has 3 atom stereocenters. The van der Waals surface area contributed by atoms with Gasteiger partial charge in [-0.2, -0.15) is 13.8 Å². The molecule has 1 saturated heterocycles. The summed E-state index contributed by atoms with van der Waals surface area (Å²) in [4.78, 5) is 14.7. The van der Waals surface area contributed by atoms with Gasteiger partial charge in [0, 0.05) is 6.20 Å². The average molecular weight is 348 g/mol. The number of rotatable bonds is 3. The lowest BCUT2D eigenvalue weighted by Gasteiger charge is -2.28. The predicted molar refractivity (Wildman–Crippen MR) is 64.8 cm³/mol. The minimum absolute atomic E-state index is 0.127. The Kier molecular flexibility index (Phi) is 4.11. The van der Waals surface area contributed by atoms with Crippen LogP contribution in [0.15, 0.2) is 11.0 Å². The summed E-state index contributed by atoms with van der Waals surface area (Å²) in [6, 6.07) is 0. The van der Waals surface area contributed by atoms with Gasteiger partial charge in [-0.1, -0.05) is 11.6 Å². The van der Waals surface area contributed by atoms with E-state index in [0.717, 1.165) is 0 Å². The lowest BCUT2D eigenvalue weighted by Crippen LogP contribution is -2.53. The lowest BCUT2D eigenvalue weighted by molar-refractivity contribution is -0.196. The van der Waals surface area contributed by atoms with Gasteiger partial charge in [0.25, 0.3) is 6.43 Å². The van der Waals surface area contributed by atoms with Gasteiger partial charge < -0.3 is 20.7 Å². The summed E-state index contributed by atoms with van der Waals surface area (Å²) < 4.78 is 58.7. The van der Waals surface area contributed by atoms with E-state index in [1.54, 1.807) is 0 Å². The zero-order valence-electron chi connectivity index (χ0n) is 10.6. The molecule has 0 unspecified atom stereocenters. The van der Waals surface area contributed by atoms with Crippen LogP contribution in [0.5, 0.6) is 0 Å². The van der Waals surface area contributed by atoms with Crippen molar-refractivity contribution >= 4 is 17.4 Å². The van der Waals surface area contributed by atoms with E-state index in [2.05, 4.69) is 9.72 Å². The van der Waals surface area contributed by atoms with Gasteiger partial charge >= 0.3 is 11.6 Å². The largest absolute Gasteiger partial charge is 0.393 e. The molecule has 1 aliphatic rings. The van der Waals surface area contributed by atoms with Crippen LogP contribution >= 0.6 is 11.6 Å². The van der Waals surface area contributed by atoms with E-state index in [9.17, 15) is 27.5 Å². The van der Waals surface area contributed by atoms with Crippen LogP contribution in [0.2, 0.25) is 5.02 Å². The molecule has 124 valence electrons. The first-order chi connectivity index (χ1) is 10.1. The maximum atomic E-state index is 14.1. The fourth-order valence-electron chi connectivity index (χ4n) is 2.04. The standard InChI is InChI=1S/C10H10ClF4N3O4/c11-3-1-18(8(21)17-4(3)16)7-10(14,15)5(20)9(2-19,22-7)6(12)13/h1,5-7,19-20H,2H2,(H2,16,17,21)/t5-,7-,9-/m1/s1. The van der Waals surface area contributed by atoms with Crippen molar-refractivity contribution < 1.29 is 32.5 Å². The number of alkyl halides is 4. The molecule has 0 aliphatic carbocycles. The van der Waals surface area contributed by atoms with Crippen molar-refractivity contribution in [3.05, 3.63) is 21.7 Å². The second kappa shape index (κ2) is 5.33. The van der Waals surface area contributed by atoms with E-state index in [-0.39, 0.29) is 4.57 Å². The molecule has 0 aromatic carbocycles. The highest BCUT2D eigenvalue weighted by molar-refractivity contribution is 6.32. The smallest absolute Gasteiger partial charge is 0.351 e. The van der Waals surface area contributed by atoms with Crippen LogP contribution < -0.4 is 11.4 Å². The van der Waals surface area contributed by atoms with Crippen LogP contribution in [0.25, 0.3) is 0 Å². The maximum Gasteiger partial charge on any atom is 0.351 e. The highest BCUT2D eigenvalue weighted by Gasteiger charge is 2.70. The molecule has 12 heteroatoms. The van der Waals surface area contributed by atoms with Crippen LogP contribution in [0.4, 0.5) is 23.4 Å². The number of nitrogens with zero attached hydrogens (tertiary/aromatic N) is 2. The SMILES string of the molecule is Nc1nc(=O)n([C@@H]2O[C@@](CO)(C(F)F)[C@@H](O)C2(F)F)cc1Cl. The van der Waals surface area contributed by atoms with Crippen molar-refractivity contribution in [2.45, 2.75) is 30.3 Å². The maximum absolute atomic E-state index is 14.1. The Morgan fingerprint density at radius 1 is 1.55 bits per heavy atom. The van der Waals surface area contributed by atoms with Gasteiger partial charge in [0.05, 0.1) is 11.6 Å². The van der Waals surface area contributed by atoms with Crippen LogP contribution in [0, 0.1) is 0 Å². The summed E-state index contributed by atoms with van der Waals surface area (Å²) in [6.45, 7) is -1.59. The van der Waals surface area contributed by atoms with Crippen molar-refractivity contribution in [2.75, 3.05) is 12.3 Å². The number of nitrogen functional groups attached to an aromatic ring is 1.